The third-order valence-corrected chi connectivity index (χ3v) is 4.19. The van der Waals surface area contributed by atoms with Crippen molar-refractivity contribution in [3.05, 3.63) is 81.1 Å². The molecule has 0 saturated carbocycles. The maximum Gasteiger partial charge on any atom is 0.330 e. The molecule has 1 heterocycles. The van der Waals surface area contributed by atoms with E-state index in [1.54, 1.807) is 18.7 Å². The maximum atomic E-state index is 12.5. The summed E-state index contributed by atoms with van der Waals surface area (Å²) in [6.45, 7) is 0. The fourth-order valence-electron chi connectivity index (χ4n) is 2.29. The summed E-state index contributed by atoms with van der Waals surface area (Å²) in [6.07, 6.45) is 0. The Kier molecular flexibility index (Phi) is 4.66. The fraction of sp³-hybridized carbons (Fsp3) is 0.111. The van der Waals surface area contributed by atoms with E-state index >= 15 is 0 Å². The van der Waals surface area contributed by atoms with Gasteiger partial charge in [0, 0.05) is 30.3 Å². The predicted octanol–water partition coefficient (Wildman–Crippen LogP) is 3.46. The standard InChI is InChI=1S/C18H17BrN4O/c1-22-16(20-14-6-4-3-5-7-14)12-17(23(2)18(22)24)21-15-10-8-13(19)9-11-15/h3-12,20H,1-2H3. The average Bonchev–Trinajstić information content (AvgIpc) is 2.60. The molecule has 0 aliphatic carbocycles. The van der Waals surface area contributed by atoms with Gasteiger partial charge in [0.05, 0.1) is 5.69 Å². The van der Waals surface area contributed by atoms with E-state index in [0.29, 0.717) is 11.3 Å². The molecular formula is C18H17BrN4O. The van der Waals surface area contributed by atoms with Crippen molar-refractivity contribution in [1.82, 2.24) is 9.13 Å². The Morgan fingerprint density at radius 1 is 0.958 bits per heavy atom. The summed E-state index contributed by atoms with van der Waals surface area (Å²) in [4.78, 5) is 17.0. The Balaban J connectivity index is 2.10. The molecule has 2 aromatic carbocycles. The van der Waals surface area contributed by atoms with E-state index in [2.05, 4.69) is 26.2 Å². The number of nitrogens with one attached hydrogen (secondary N) is 1. The van der Waals surface area contributed by atoms with E-state index in [1.165, 1.54) is 4.57 Å². The number of benzene rings is 2. The van der Waals surface area contributed by atoms with Gasteiger partial charge in [-0.15, -0.1) is 0 Å². The number of aromatic nitrogens is 2. The Hall–Kier alpha value is -2.60. The minimum absolute atomic E-state index is 0.146. The summed E-state index contributed by atoms with van der Waals surface area (Å²) in [5.74, 6) is 0.681. The highest BCUT2D eigenvalue weighted by Gasteiger charge is 2.05. The molecule has 0 spiro atoms. The topological polar surface area (TPSA) is 51.3 Å². The van der Waals surface area contributed by atoms with Gasteiger partial charge in [0.25, 0.3) is 0 Å². The second-order valence-electron chi connectivity index (χ2n) is 5.37. The maximum absolute atomic E-state index is 12.5. The number of para-hydroxylation sites is 1. The summed E-state index contributed by atoms with van der Waals surface area (Å²) >= 11 is 3.40. The number of anilines is 2. The average molecular weight is 385 g/mol. The lowest BCUT2D eigenvalue weighted by atomic mass is 10.3. The van der Waals surface area contributed by atoms with Crippen LogP contribution in [0.1, 0.15) is 0 Å². The zero-order valence-electron chi connectivity index (χ0n) is 13.4. The van der Waals surface area contributed by atoms with Crippen molar-refractivity contribution in [2.75, 3.05) is 5.32 Å². The molecule has 0 atom stereocenters. The zero-order valence-corrected chi connectivity index (χ0v) is 15.0. The minimum atomic E-state index is -0.146. The van der Waals surface area contributed by atoms with E-state index in [0.717, 1.165) is 15.8 Å². The molecule has 0 bridgehead atoms. The number of rotatable bonds is 3. The summed E-state index contributed by atoms with van der Waals surface area (Å²) in [7, 11) is 3.45. The first-order chi connectivity index (χ1) is 11.5. The van der Waals surface area contributed by atoms with Crippen molar-refractivity contribution in [2.45, 2.75) is 0 Å². The Bertz CT molecular complexity index is 973. The van der Waals surface area contributed by atoms with E-state index in [1.807, 2.05) is 60.7 Å². The van der Waals surface area contributed by atoms with Crippen molar-refractivity contribution in [1.29, 1.82) is 0 Å². The molecule has 24 heavy (non-hydrogen) atoms. The molecule has 3 aromatic rings. The molecular weight excluding hydrogens is 368 g/mol. The highest BCUT2D eigenvalue weighted by atomic mass is 79.9. The largest absolute Gasteiger partial charge is 0.341 e. The second kappa shape index (κ2) is 6.88. The van der Waals surface area contributed by atoms with Gasteiger partial charge in [-0.25, -0.2) is 9.79 Å². The van der Waals surface area contributed by atoms with Crippen LogP contribution in [0.4, 0.5) is 17.2 Å². The molecule has 0 aliphatic heterocycles. The summed E-state index contributed by atoms with van der Waals surface area (Å²) < 4.78 is 4.08. The van der Waals surface area contributed by atoms with Gasteiger partial charge >= 0.3 is 5.69 Å². The highest BCUT2D eigenvalue weighted by Crippen LogP contribution is 2.16. The second-order valence-corrected chi connectivity index (χ2v) is 6.28. The quantitative estimate of drug-likeness (QED) is 0.751. The fourth-order valence-corrected chi connectivity index (χ4v) is 2.55. The lowest BCUT2D eigenvalue weighted by Gasteiger charge is -2.13. The Morgan fingerprint density at radius 3 is 2.29 bits per heavy atom. The van der Waals surface area contributed by atoms with Gasteiger partial charge in [0.1, 0.15) is 11.3 Å². The third kappa shape index (κ3) is 3.49. The van der Waals surface area contributed by atoms with Crippen LogP contribution in [0.2, 0.25) is 0 Å². The van der Waals surface area contributed by atoms with Gasteiger partial charge in [-0.3, -0.25) is 9.13 Å². The van der Waals surface area contributed by atoms with Crippen LogP contribution in [0.3, 0.4) is 0 Å². The van der Waals surface area contributed by atoms with Crippen molar-refractivity contribution in [3.8, 4) is 0 Å². The predicted molar refractivity (Wildman–Crippen MR) is 99.7 cm³/mol. The van der Waals surface area contributed by atoms with Crippen molar-refractivity contribution in [2.24, 2.45) is 19.1 Å². The highest BCUT2D eigenvalue weighted by molar-refractivity contribution is 9.10. The van der Waals surface area contributed by atoms with Gasteiger partial charge in [0.15, 0.2) is 0 Å². The van der Waals surface area contributed by atoms with Crippen LogP contribution < -0.4 is 16.5 Å². The van der Waals surface area contributed by atoms with Crippen LogP contribution >= 0.6 is 15.9 Å². The van der Waals surface area contributed by atoms with Crippen LogP contribution in [0.5, 0.6) is 0 Å². The lowest BCUT2D eigenvalue weighted by Crippen LogP contribution is -2.37. The number of halogens is 1. The Labute approximate surface area is 148 Å². The molecule has 6 heteroatoms. The first-order valence-corrected chi connectivity index (χ1v) is 8.23. The third-order valence-electron chi connectivity index (χ3n) is 3.66. The van der Waals surface area contributed by atoms with Gasteiger partial charge in [-0.1, -0.05) is 34.1 Å². The minimum Gasteiger partial charge on any atom is -0.341 e. The van der Waals surface area contributed by atoms with Crippen LogP contribution in [-0.2, 0) is 14.1 Å². The smallest absolute Gasteiger partial charge is 0.330 e. The molecule has 1 aromatic heterocycles. The molecule has 1 N–H and O–H groups in total. The van der Waals surface area contributed by atoms with Crippen molar-refractivity contribution >= 4 is 33.1 Å². The normalized spacial score (nSPS) is 11.5. The monoisotopic (exact) mass is 384 g/mol. The van der Waals surface area contributed by atoms with Crippen molar-refractivity contribution < 1.29 is 0 Å². The van der Waals surface area contributed by atoms with Gasteiger partial charge in [-0.05, 0) is 36.4 Å². The molecule has 0 aliphatic rings. The van der Waals surface area contributed by atoms with Crippen molar-refractivity contribution in [3.63, 3.8) is 0 Å². The van der Waals surface area contributed by atoms with E-state index in [-0.39, 0.29) is 5.69 Å². The molecule has 0 radical (unpaired) electrons. The number of nitrogens with zero attached hydrogens (tertiary/aromatic N) is 3. The molecule has 0 unspecified atom stereocenters. The summed E-state index contributed by atoms with van der Waals surface area (Å²) in [6, 6.07) is 19.2. The molecule has 0 amide bonds. The van der Waals surface area contributed by atoms with Gasteiger partial charge in [-0.2, -0.15) is 0 Å². The van der Waals surface area contributed by atoms with Crippen LogP contribution in [0.15, 0.2) is 74.9 Å². The van der Waals surface area contributed by atoms with Gasteiger partial charge < -0.3 is 5.32 Å². The van der Waals surface area contributed by atoms with Crippen LogP contribution in [0.25, 0.3) is 0 Å². The SMILES string of the molecule is Cn1c(Nc2ccccc2)cc(=Nc2ccc(Br)cc2)n(C)c1=O. The lowest BCUT2D eigenvalue weighted by molar-refractivity contribution is 0.682. The first kappa shape index (κ1) is 16.3. The molecule has 0 saturated heterocycles. The van der Waals surface area contributed by atoms with Crippen LogP contribution in [0, 0.1) is 0 Å². The first-order valence-electron chi connectivity index (χ1n) is 7.44. The van der Waals surface area contributed by atoms with Crippen LogP contribution in [-0.4, -0.2) is 9.13 Å². The number of hydrogen-bond acceptors (Lipinski definition) is 3. The zero-order chi connectivity index (χ0) is 17.1. The molecule has 122 valence electrons. The summed E-state index contributed by atoms with van der Waals surface area (Å²) in [5, 5.41) is 3.26. The number of hydrogen-bond donors (Lipinski definition) is 1. The van der Waals surface area contributed by atoms with Gasteiger partial charge in [0.2, 0.25) is 0 Å². The molecule has 3 rings (SSSR count). The molecule has 0 fully saturated rings. The van der Waals surface area contributed by atoms with E-state index < -0.39 is 0 Å². The van der Waals surface area contributed by atoms with E-state index in [4.69, 9.17) is 0 Å². The van der Waals surface area contributed by atoms with E-state index in [9.17, 15) is 4.79 Å². The molecule has 5 nitrogen and oxygen atoms in total. The summed E-state index contributed by atoms with van der Waals surface area (Å²) in [5.41, 5.74) is 2.13. The Morgan fingerprint density at radius 2 is 1.62 bits per heavy atom.